The molecule has 3 rings (SSSR count). The topological polar surface area (TPSA) is 33.0 Å². The van der Waals surface area contributed by atoms with Crippen LogP contribution in [0.15, 0.2) is 36.4 Å². The Morgan fingerprint density at radius 3 is 2.10 bits per heavy atom. The molecule has 30 heavy (non-hydrogen) atoms. The van der Waals surface area contributed by atoms with Crippen molar-refractivity contribution < 1.29 is 22.3 Å². The number of benzene rings is 2. The van der Waals surface area contributed by atoms with Crippen molar-refractivity contribution in [2.45, 2.75) is 58.0 Å². The van der Waals surface area contributed by atoms with Gasteiger partial charge in [-0.05, 0) is 42.4 Å². The van der Waals surface area contributed by atoms with Crippen LogP contribution in [0.1, 0.15) is 62.1 Å². The highest BCUT2D eigenvalue weighted by Gasteiger charge is 2.35. The number of alkyl halides is 2. The van der Waals surface area contributed by atoms with Crippen molar-refractivity contribution in [3.63, 3.8) is 0 Å². The Hall–Kier alpha value is -2.55. The first-order valence-corrected chi connectivity index (χ1v) is 10.4. The van der Waals surface area contributed by atoms with Crippen LogP contribution in [0.2, 0.25) is 0 Å². The Morgan fingerprint density at radius 2 is 1.57 bits per heavy atom. The summed E-state index contributed by atoms with van der Waals surface area (Å²) in [6.07, 6.45) is 4.39. The smallest absolute Gasteiger partial charge is 0.426 e. The molecule has 1 aliphatic carbocycles. The van der Waals surface area contributed by atoms with Crippen LogP contribution >= 0.6 is 0 Å². The molecular formula is C24H25F4NO. The zero-order valence-corrected chi connectivity index (χ0v) is 16.9. The standard InChI is InChI=1S/C24H25F4NO/c1-2-16-3-5-17(6-4-16)7-8-18-9-11-19(12-10-18)24(27,28)30-20-13-22(25)21(15-29)23(26)14-20/h9-14,16-17H,2-8H2,1H3. The zero-order valence-electron chi connectivity index (χ0n) is 16.9. The minimum Gasteiger partial charge on any atom is -0.429 e. The molecule has 0 aliphatic heterocycles. The van der Waals surface area contributed by atoms with Crippen LogP contribution in [0.25, 0.3) is 0 Å². The van der Waals surface area contributed by atoms with Crippen LogP contribution in [0.3, 0.4) is 0 Å². The summed E-state index contributed by atoms with van der Waals surface area (Å²) >= 11 is 0. The van der Waals surface area contributed by atoms with E-state index >= 15 is 0 Å². The fraction of sp³-hybridized carbons (Fsp3) is 0.458. The molecule has 0 aromatic heterocycles. The lowest BCUT2D eigenvalue weighted by Crippen LogP contribution is -2.22. The molecule has 0 bridgehead atoms. The quantitative estimate of drug-likeness (QED) is 0.448. The van der Waals surface area contributed by atoms with Crippen molar-refractivity contribution in [1.82, 2.24) is 0 Å². The fourth-order valence-electron chi connectivity index (χ4n) is 4.09. The zero-order chi connectivity index (χ0) is 21.7. The van der Waals surface area contributed by atoms with Crippen molar-refractivity contribution in [2.75, 3.05) is 0 Å². The highest BCUT2D eigenvalue weighted by atomic mass is 19.3. The molecule has 0 radical (unpaired) electrons. The number of nitrogens with zero attached hydrogens (tertiary/aromatic N) is 1. The average Bonchev–Trinajstić information content (AvgIpc) is 2.72. The molecular weight excluding hydrogens is 394 g/mol. The minimum absolute atomic E-state index is 0.403. The summed E-state index contributed by atoms with van der Waals surface area (Å²) in [6, 6.07) is 8.34. The van der Waals surface area contributed by atoms with Crippen LogP contribution in [0.5, 0.6) is 5.75 Å². The van der Waals surface area contributed by atoms with Gasteiger partial charge in [0, 0.05) is 12.1 Å². The molecule has 0 saturated heterocycles. The molecule has 1 fully saturated rings. The third kappa shape index (κ3) is 5.33. The molecule has 2 aromatic rings. The van der Waals surface area contributed by atoms with E-state index in [1.165, 1.54) is 50.3 Å². The number of aryl methyl sites for hydroxylation is 1. The van der Waals surface area contributed by atoms with Crippen LogP contribution in [0, 0.1) is 34.8 Å². The molecule has 0 amide bonds. The molecule has 0 heterocycles. The van der Waals surface area contributed by atoms with E-state index in [4.69, 9.17) is 5.26 Å². The van der Waals surface area contributed by atoms with E-state index in [0.29, 0.717) is 18.1 Å². The van der Waals surface area contributed by atoms with Gasteiger partial charge in [0.05, 0.1) is 5.56 Å². The number of rotatable bonds is 7. The van der Waals surface area contributed by atoms with Gasteiger partial charge in [0.25, 0.3) is 0 Å². The SMILES string of the molecule is CCC1CCC(CCc2ccc(C(F)(F)Oc3cc(F)c(C#N)c(F)c3)cc2)CC1. The molecule has 2 nitrogen and oxygen atoms in total. The summed E-state index contributed by atoms with van der Waals surface area (Å²) in [6.45, 7) is 2.24. The first-order valence-electron chi connectivity index (χ1n) is 10.4. The van der Waals surface area contributed by atoms with Crippen molar-refractivity contribution >= 4 is 0 Å². The van der Waals surface area contributed by atoms with E-state index in [0.717, 1.165) is 24.3 Å². The number of hydrogen-bond acceptors (Lipinski definition) is 2. The highest BCUT2D eigenvalue weighted by Crippen LogP contribution is 2.35. The second-order valence-corrected chi connectivity index (χ2v) is 8.02. The summed E-state index contributed by atoms with van der Waals surface area (Å²) in [7, 11) is 0. The van der Waals surface area contributed by atoms with E-state index in [9.17, 15) is 17.6 Å². The van der Waals surface area contributed by atoms with Crippen LogP contribution in [-0.2, 0) is 12.5 Å². The third-order valence-electron chi connectivity index (χ3n) is 6.05. The minimum atomic E-state index is -3.76. The molecule has 1 saturated carbocycles. The number of hydrogen-bond donors (Lipinski definition) is 0. The van der Waals surface area contributed by atoms with Crippen molar-refractivity contribution in [3.8, 4) is 11.8 Å². The van der Waals surface area contributed by atoms with Gasteiger partial charge >= 0.3 is 6.11 Å². The largest absolute Gasteiger partial charge is 0.429 e. The summed E-state index contributed by atoms with van der Waals surface area (Å²) in [5.74, 6) is -1.63. The van der Waals surface area contributed by atoms with E-state index in [-0.39, 0.29) is 0 Å². The van der Waals surface area contributed by atoms with E-state index < -0.39 is 34.6 Å². The average molecular weight is 419 g/mol. The van der Waals surface area contributed by atoms with Gasteiger partial charge in [0.1, 0.15) is 29.0 Å². The van der Waals surface area contributed by atoms with Gasteiger partial charge in [0.15, 0.2) is 0 Å². The monoisotopic (exact) mass is 419 g/mol. The summed E-state index contributed by atoms with van der Waals surface area (Å²) < 4.78 is 60.7. The first kappa shape index (κ1) is 22.1. The van der Waals surface area contributed by atoms with Gasteiger partial charge < -0.3 is 4.74 Å². The summed E-state index contributed by atoms with van der Waals surface area (Å²) in [5.41, 5.74) is -0.263. The Morgan fingerprint density at radius 1 is 1.00 bits per heavy atom. The normalized spacial score (nSPS) is 19.3. The van der Waals surface area contributed by atoms with Gasteiger partial charge in [0.2, 0.25) is 0 Å². The fourth-order valence-corrected chi connectivity index (χ4v) is 4.09. The van der Waals surface area contributed by atoms with Crippen molar-refractivity contribution in [1.29, 1.82) is 5.26 Å². The van der Waals surface area contributed by atoms with Crippen LogP contribution in [-0.4, -0.2) is 0 Å². The van der Waals surface area contributed by atoms with Crippen LogP contribution in [0.4, 0.5) is 17.6 Å². The van der Waals surface area contributed by atoms with Gasteiger partial charge in [-0.15, -0.1) is 0 Å². The molecule has 0 spiro atoms. The van der Waals surface area contributed by atoms with E-state index in [1.807, 2.05) is 0 Å². The molecule has 160 valence electrons. The van der Waals surface area contributed by atoms with Crippen molar-refractivity contribution in [3.05, 3.63) is 64.7 Å². The summed E-state index contributed by atoms with van der Waals surface area (Å²) in [5, 5.41) is 8.66. The van der Waals surface area contributed by atoms with Gasteiger partial charge in [-0.2, -0.15) is 14.0 Å². The second kappa shape index (κ2) is 9.51. The number of nitriles is 1. The Labute approximate surface area is 174 Å². The maximum atomic E-state index is 14.4. The first-order chi connectivity index (χ1) is 14.3. The van der Waals surface area contributed by atoms with Crippen LogP contribution < -0.4 is 4.74 Å². The maximum absolute atomic E-state index is 14.4. The predicted molar refractivity (Wildman–Crippen MR) is 106 cm³/mol. The predicted octanol–water partition coefficient (Wildman–Crippen LogP) is 7.11. The summed E-state index contributed by atoms with van der Waals surface area (Å²) in [4.78, 5) is 0. The Kier molecular flexibility index (Phi) is 7.02. The number of halogens is 4. The molecule has 0 unspecified atom stereocenters. The molecule has 2 aromatic carbocycles. The van der Waals surface area contributed by atoms with E-state index in [2.05, 4.69) is 11.7 Å². The van der Waals surface area contributed by atoms with Gasteiger partial charge in [-0.3, -0.25) is 0 Å². The maximum Gasteiger partial charge on any atom is 0.426 e. The lowest BCUT2D eigenvalue weighted by molar-refractivity contribution is -0.185. The molecule has 6 heteroatoms. The lowest BCUT2D eigenvalue weighted by Gasteiger charge is -2.27. The van der Waals surface area contributed by atoms with E-state index in [1.54, 1.807) is 12.1 Å². The third-order valence-corrected chi connectivity index (χ3v) is 6.05. The van der Waals surface area contributed by atoms with Gasteiger partial charge in [-0.25, -0.2) is 8.78 Å². The highest BCUT2D eigenvalue weighted by molar-refractivity contribution is 5.38. The van der Waals surface area contributed by atoms with Crippen molar-refractivity contribution in [2.24, 2.45) is 11.8 Å². The molecule has 1 aliphatic rings. The molecule has 0 N–H and O–H groups in total. The molecule has 0 atom stereocenters. The Bertz CT molecular complexity index is 873. The number of ether oxygens (including phenoxy) is 1. The second-order valence-electron chi connectivity index (χ2n) is 8.02. The lowest BCUT2D eigenvalue weighted by atomic mass is 9.78. The Balaban J connectivity index is 1.60. The van der Waals surface area contributed by atoms with Gasteiger partial charge in [-0.1, -0.05) is 51.2 Å².